The van der Waals surface area contributed by atoms with Crippen LogP contribution in [0, 0.1) is 0 Å². The lowest BCUT2D eigenvalue weighted by molar-refractivity contribution is 0.353. The fraction of sp³-hybridized carbons (Fsp3) is 0.259. The number of hydrogen-bond donors (Lipinski definition) is 0. The Hall–Kier alpha value is -4.00. The van der Waals surface area contributed by atoms with E-state index in [9.17, 15) is 0 Å². The zero-order valence-electron chi connectivity index (χ0n) is 19.8. The normalized spacial score (nSPS) is 12.9. The SMILES string of the molecule is COc1cc2c(cc1OC)CN(c1nc3cccc(-c4ccccn4)c3c(OC)c1OC)CC2. The molecule has 0 spiro atoms. The Bertz CT molecular complexity index is 1340. The van der Waals surface area contributed by atoms with Crippen molar-refractivity contribution < 1.29 is 18.9 Å². The number of aromatic nitrogens is 2. The molecule has 7 heteroatoms. The molecule has 0 unspecified atom stereocenters. The third-order valence-corrected chi connectivity index (χ3v) is 6.27. The smallest absolute Gasteiger partial charge is 0.204 e. The minimum absolute atomic E-state index is 0.613. The fourth-order valence-electron chi connectivity index (χ4n) is 4.64. The van der Waals surface area contributed by atoms with Gasteiger partial charge in [0.25, 0.3) is 0 Å². The zero-order valence-corrected chi connectivity index (χ0v) is 19.8. The van der Waals surface area contributed by atoms with Crippen molar-refractivity contribution in [3.8, 4) is 34.3 Å². The number of fused-ring (bicyclic) bond motifs is 2. The summed E-state index contributed by atoms with van der Waals surface area (Å²) in [6, 6.07) is 16.0. The largest absolute Gasteiger partial charge is 0.493 e. The van der Waals surface area contributed by atoms with E-state index in [0.717, 1.165) is 52.4 Å². The summed E-state index contributed by atoms with van der Waals surface area (Å²) in [5, 5.41) is 0.883. The second-order valence-electron chi connectivity index (χ2n) is 8.06. The second-order valence-corrected chi connectivity index (χ2v) is 8.06. The van der Waals surface area contributed by atoms with Gasteiger partial charge in [-0.15, -0.1) is 0 Å². The van der Waals surface area contributed by atoms with Gasteiger partial charge in [0.2, 0.25) is 5.75 Å². The van der Waals surface area contributed by atoms with Crippen LogP contribution in [0.5, 0.6) is 23.0 Å². The van der Waals surface area contributed by atoms with Crippen LogP contribution in [0.2, 0.25) is 0 Å². The van der Waals surface area contributed by atoms with E-state index in [1.54, 1.807) is 34.6 Å². The maximum Gasteiger partial charge on any atom is 0.204 e. The molecule has 0 N–H and O–H groups in total. The highest BCUT2D eigenvalue weighted by atomic mass is 16.5. The Morgan fingerprint density at radius 2 is 1.56 bits per heavy atom. The third-order valence-electron chi connectivity index (χ3n) is 6.27. The number of hydrogen-bond acceptors (Lipinski definition) is 7. The molecule has 5 rings (SSSR count). The predicted molar refractivity (Wildman–Crippen MR) is 132 cm³/mol. The molecule has 0 saturated carbocycles. The Balaban J connectivity index is 1.64. The summed E-state index contributed by atoms with van der Waals surface area (Å²) in [5.41, 5.74) is 5.06. The summed E-state index contributed by atoms with van der Waals surface area (Å²) in [6.07, 6.45) is 2.64. The molecule has 2 aromatic carbocycles. The number of nitrogens with zero attached hydrogens (tertiary/aromatic N) is 3. The first-order chi connectivity index (χ1) is 16.7. The molecule has 174 valence electrons. The summed E-state index contributed by atoms with van der Waals surface area (Å²) < 4.78 is 22.8. The number of anilines is 1. The first-order valence-electron chi connectivity index (χ1n) is 11.1. The van der Waals surface area contributed by atoms with Crippen LogP contribution in [0.15, 0.2) is 54.7 Å². The molecule has 0 fully saturated rings. The molecule has 4 aromatic rings. The van der Waals surface area contributed by atoms with Crippen LogP contribution < -0.4 is 23.8 Å². The van der Waals surface area contributed by atoms with Gasteiger partial charge < -0.3 is 23.8 Å². The first-order valence-corrected chi connectivity index (χ1v) is 11.1. The second kappa shape index (κ2) is 9.09. The van der Waals surface area contributed by atoms with Crippen LogP contribution in [0.25, 0.3) is 22.2 Å². The van der Waals surface area contributed by atoms with Gasteiger partial charge >= 0.3 is 0 Å². The Kier molecular flexibility index (Phi) is 5.84. The van der Waals surface area contributed by atoms with E-state index in [1.807, 2.05) is 42.5 Å². The predicted octanol–water partition coefficient (Wildman–Crippen LogP) is 4.89. The summed E-state index contributed by atoms with van der Waals surface area (Å²) >= 11 is 0. The molecule has 0 radical (unpaired) electrons. The van der Waals surface area contributed by atoms with Crippen molar-refractivity contribution in [3.05, 3.63) is 65.9 Å². The lowest BCUT2D eigenvalue weighted by Gasteiger charge is -2.32. The highest BCUT2D eigenvalue weighted by Crippen LogP contribution is 2.46. The standard InChI is InChI=1S/C27H27N3O4/c1-31-22-14-17-11-13-30(16-18(17)15-23(22)32-2)27-26(34-4)25(33-3)24-19(8-7-10-21(24)29-27)20-9-5-6-12-28-20/h5-10,12,14-15H,11,13,16H2,1-4H3. The Labute approximate surface area is 198 Å². The summed E-state index contributed by atoms with van der Waals surface area (Å²) in [4.78, 5) is 11.8. The van der Waals surface area contributed by atoms with Crippen LogP contribution in [-0.4, -0.2) is 45.0 Å². The van der Waals surface area contributed by atoms with Gasteiger partial charge in [0.15, 0.2) is 23.1 Å². The Morgan fingerprint density at radius 1 is 0.794 bits per heavy atom. The van der Waals surface area contributed by atoms with Gasteiger partial charge in [-0.3, -0.25) is 4.98 Å². The zero-order chi connectivity index (χ0) is 23.7. The number of rotatable bonds is 6. The van der Waals surface area contributed by atoms with Crippen molar-refractivity contribution in [2.24, 2.45) is 0 Å². The molecule has 1 aliphatic rings. The molecule has 7 nitrogen and oxygen atoms in total. The van der Waals surface area contributed by atoms with Crippen LogP contribution in [0.1, 0.15) is 11.1 Å². The summed E-state index contributed by atoms with van der Waals surface area (Å²) in [6.45, 7) is 1.47. The third kappa shape index (κ3) is 3.63. The molecule has 0 atom stereocenters. The van der Waals surface area contributed by atoms with E-state index in [-0.39, 0.29) is 0 Å². The van der Waals surface area contributed by atoms with Crippen LogP contribution in [0.4, 0.5) is 5.82 Å². The number of benzene rings is 2. The van der Waals surface area contributed by atoms with Crippen molar-refractivity contribution in [1.29, 1.82) is 0 Å². The van der Waals surface area contributed by atoms with Crippen LogP contribution in [0.3, 0.4) is 0 Å². The molecule has 34 heavy (non-hydrogen) atoms. The first kappa shape index (κ1) is 21.8. The van der Waals surface area contributed by atoms with Gasteiger partial charge in [-0.2, -0.15) is 0 Å². The molecule has 0 amide bonds. The van der Waals surface area contributed by atoms with Crippen LogP contribution in [-0.2, 0) is 13.0 Å². The molecule has 0 saturated heterocycles. The maximum absolute atomic E-state index is 5.92. The van der Waals surface area contributed by atoms with Crippen molar-refractivity contribution in [2.45, 2.75) is 13.0 Å². The summed E-state index contributed by atoms with van der Waals surface area (Å²) in [7, 11) is 6.64. The average molecular weight is 458 g/mol. The van der Waals surface area contributed by atoms with Crippen molar-refractivity contribution >= 4 is 16.7 Å². The fourth-order valence-corrected chi connectivity index (χ4v) is 4.64. The summed E-state index contributed by atoms with van der Waals surface area (Å²) in [5.74, 6) is 3.49. The molecule has 0 bridgehead atoms. The van der Waals surface area contributed by atoms with Crippen molar-refractivity contribution in [3.63, 3.8) is 0 Å². The molecular weight excluding hydrogens is 430 g/mol. The molecule has 3 heterocycles. The van der Waals surface area contributed by atoms with E-state index in [2.05, 4.69) is 16.0 Å². The van der Waals surface area contributed by atoms with E-state index in [0.29, 0.717) is 18.0 Å². The monoisotopic (exact) mass is 457 g/mol. The maximum atomic E-state index is 5.92. The van der Waals surface area contributed by atoms with Crippen molar-refractivity contribution in [2.75, 3.05) is 39.9 Å². The minimum atomic E-state index is 0.613. The van der Waals surface area contributed by atoms with E-state index < -0.39 is 0 Å². The van der Waals surface area contributed by atoms with Gasteiger partial charge in [0.05, 0.1) is 45.0 Å². The highest BCUT2D eigenvalue weighted by Gasteiger charge is 2.27. The van der Waals surface area contributed by atoms with Gasteiger partial charge in [0, 0.05) is 24.8 Å². The van der Waals surface area contributed by atoms with Crippen molar-refractivity contribution in [1.82, 2.24) is 9.97 Å². The van der Waals surface area contributed by atoms with E-state index in [4.69, 9.17) is 23.9 Å². The van der Waals surface area contributed by atoms with E-state index in [1.165, 1.54) is 11.1 Å². The quantitative estimate of drug-likeness (QED) is 0.408. The minimum Gasteiger partial charge on any atom is -0.493 e. The lowest BCUT2D eigenvalue weighted by atomic mass is 9.98. The molecular formula is C27H27N3O4. The Morgan fingerprint density at radius 3 is 2.24 bits per heavy atom. The van der Waals surface area contributed by atoms with Gasteiger partial charge in [-0.25, -0.2) is 4.98 Å². The number of ether oxygens (including phenoxy) is 4. The topological polar surface area (TPSA) is 65.9 Å². The average Bonchev–Trinajstić information content (AvgIpc) is 2.90. The van der Waals surface area contributed by atoms with Crippen LogP contribution >= 0.6 is 0 Å². The van der Waals surface area contributed by atoms with Gasteiger partial charge in [-0.1, -0.05) is 18.2 Å². The van der Waals surface area contributed by atoms with Gasteiger partial charge in [-0.05, 0) is 47.9 Å². The molecule has 2 aromatic heterocycles. The lowest BCUT2D eigenvalue weighted by Crippen LogP contribution is -2.31. The highest BCUT2D eigenvalue weighted by molar-refractivity contribution is 6.01. The van der Waals surface area contributed by atoms with Gasteiger partial charge in [0.1, 0.15) is 0 Å². The number of methoxy groups -OCH3 is 4. The molecule has 0 aliphatic carbocycles. The van der Waals surface area contributed by atoms with E-state index >= 15 is 0 Å². The number of pyridine rings is 2. The molecule has 1 aliphatic heterocycles.